The Morgan fingerprint density at radius 3 is 1.61 bits per heavy atom. The van der Waals surface area contributed by atoms with Gasteiger partial charge in [-0.25, -0.2) is 4.57 Å². The molecule has 0 fully saturated rings. The van der Waals surface area contributed by atoms with Gasteiger partial charge in [0.15, 0.2) is 5.71 Å². The second kappa shape index (κ2) is 13.3. The van der Waals surface area contributed by atoms with Crippen molar-refractivity contribution in [3.63, 3.8) is 0 Å². The van der Waals surface area contributed by atoms with Crippen molar-refractivity contribution in [2.24, 2.45) is 22.0 Å². The number of aromatic nitrogens is 5. The topological polar surface area (TPSA) is 217 Å². The number of rotatable bonds is 15. The highest BCUT2D eigenvalue weighted by Crippen LogP contribution is 2.40. The molecule has 19 nitrogen and oxygen atoms in total. The van der Waals surface area contributed by atoms with Crippen molar-refractivity contribution >= 4 is 47.3 Å². The van der Waals surface area contributed by atoms with Crippen LogP contribution >= 0.6 is 0 Å². The molecule has 7 heterocycles. The van der Waals surface area contributed by atoms with E-state index in [2.05, 4.69) is 19.9 Å². The van der Waals surface area contributed by atoms with Gasteiger partial charge in [-0.15, -0.1) is 14.3 Å². The second-order valence-electron chi connectivity index (χ2n) is 16.4. The van der Waals surface area contributed by atoms with Gasteiger partial charge in [0, 0.05) is 23.9 Å². The van der Waals surface area contributed by atoms with E-state index in [0.717, 1.165) is 28.5 Å². The van der Waals surface area contributed by atoms with Gasteiger partial charge in [-0.3, -0.25) is 29.0 Å². The Bertz CT molecular complexity index is 2180. The molecule has 56 heavy (non-hydrogen) atoms. The highest BCUT2D eigenvalue weighted by molar-refractivity contribution is 6.08. The van der Waals surface area contributed by atoms with Crippen LogP contribution in [-0.2, 0) is 42.5 Å². The summed E-state index contributed by atoms with van der Waals surface area (Å²) in [7, 11) is 1.95. The molecule has 0 radical (unpaired) electrons. The summed E-state index contributed by atoms with van der Waals surface area (Å²) in [5.41, 5.74) is 1.29. The van der Waals surface area contributed by atoms with Crippen LogP contribution in [0.15, 0.2) is 69.7 Å². The van der Waals surface area contributed by atoms with Crippen LogP contribution in [-0.4, -0.2) is 125 Å². The first-order chi connectivity index (χ1) is 26.2. The smallest absolute Gasteiger partial charge is 0.433 e. The van der Waals surface area contributed by atoms with E-state index in [1.54, 1.807) is 0 Å². The number of aryl methyl sites for hydroxylation is 1. The Labute approximate surface area is 321 Å². The summed E-state index contributed by atoms with van der Waals surface area (Å²) in [6.45, 7) is 10.2. The maximum atomic E-state index is 11.8. The normalized spacial score (nSPS) is 16.7. The summed E-state index contributed by atoms with van der Waals surface area (Å²) < 4.78 is 9.78. The molecule has 294 valence electrons. The van der Waals surface area contributed by atoms with Gasteiger partial charge in [0.1, 0.15) is 0 Å². The number of hydrogen-bond donors (Lipinski definition) is 4. The summed E-state index contributed by atoms with van der Waals surface area (Å²) >= 11 is 0. The Hall–Kier alpha value is -6.08. The molecule has 0 saturated heterocycles. The fourth-order valence-corrected chi connectivity index (χ4v) is 8.36. The molecule has 0 saturated carbocycles. The number of hydrogen-bond acceptors (Lipinski definition) is 10. The summed E-state index contributed by atoms with van der Waals surface area (Å²) in [5.74, 6) is -2.29. The number of allylic oxidation sites excluding steroid dienone is 1. The molecule has 0 aliphatic carbocycles. The highest BCUT2D eigenvalue weighted by Gasteiger charge is 2.61. The number of aliphatic carboxylic acids is 4. The molecule has 0 unspecified atom stereocenters. The molecule has 4 aliphatic heterocycles. The molecule has 0 aromatic carbocycles. The third kappa shape index (κ3) is 6.45. The Kier molecular flexibility index (Phi) is 9.07. The zero-order valence-electron chi connectivity index (χ0n) is 32.3. The lowest BCUT2D eigenvalue weighted by molar-refractivity contribution is -0.674. The van der Waals surface area contributed by atoms with Crippen LogP contribution < -0.4 is 13.9 Å². The lowest BCUT2D eigenvalue weighted by Crippen LogP contribution is -2.58. The van der Waals surface area contributed by atoms with E-state index in [-0.39, 0.29) is 13.1 Å². The van der Waals surface area contributed by atoms with Crippen molar-refractivity contribution in [2.75, 3.05) is 39.3 Å². The Morgan fingerprint density at radius 1 is 0.750 bits per heavy atom. The van der Waals surface area contributed by atoms with Gasteiger partial charge in [-0.2, -0.15) is 9.36 Å². The lowest BCUT2D eigenvalue weighted by atomic mass is 9.82. The first-order valence-electron chi connectivity index (χ1n) is 18.1. The number of fused-ring (bicyclic) bond motifs is 7. The minimum atomic E-state index is -1.15. The fraction of sp³-hybridized carbons (Fsp3) is 0.459. The molecule has 0 spiro atoms. The van der Waals surface area contributed by atoms with Crippen LogP contribution in [0, 0.1) is 0 Å². The van der Waals surface area contributed by atoms with Crippen LogP contribution in [0.25, 0.3) is 0 Å². The largest absolute Gasteiger partial charge is 0.480 e. The summed E-state index contributed by atoms with van der Waals surface area (Å²) in [5, 5.41) is 38.4. The number of carbonyl (C=O) groups is 4. The van der Waals surface area contributed by atoms with Crippen LogP contribution in [0.3, 0.4) is 0 Å². The van der Waals surface area contributed by atoms with Crippen molar-refractivity contribution in [3.05, 3.63) is 71.7 Å². The maximum absolute atomic E-state index is 11.8. The van der Waals surface area contributed by atoms with Gasteiger partial charge in [0.05, 0.1) is 80.3 Å². The number of carboxylic acids is 4. The van der Waals surface area contributed by atoms with Gasteiger partial charge in [0.25, 0.3) is 6.29 Å². The first-order valence-corrected chi connectivity index (χ1v) is 18.1. The van der Waals surface area contributed by atoms with Crippen molar-refractivity contribution in [2.45, 2.75) is 64.1 Å². The van der Waals surface area contributed by atoms with Crippen LogP contribution in [0.2, 0.25) is 0 Å². The second-order valence-corrected chi connectivity index (χ2v) is 16.4. The SMILES string of the molecule is C[n+]1cccc2c1N=C(C=C1N=C3N4C(=N1)[n+]1ccc(C(C)(C)CN(CC(=O)O)CC(=O)O)n1C4n1c(C(C)(C)CN(CC(=O)O)CC(=O)O)cc[n+]13)C2(C)C. The van der Waals surface area contributed by atoms with Crippen molar-refractivity contribution in [1.82, 2.24) is 24.1 Å². The third-order valence-electron chi connectivity index (χ3n) is 10.7. The molecular weight excluding hydrogens is 726 g/mol. The molecule has 7 rings (SSSR count). The Morgan fingerprint density at radius 2 is 1.20 bits per heavy atom. The summed E-state index contributed by atoms with van der Waals surface area (Å²) in [6.07, 6.45) is 6.90. The predicted molar refractivity (Wildman–Crippen MR) is 196 cm³/mol. The van der Waals surface area contributed by atoms with E-state index in [9.17, 15) is 39.6 Å². The Balaban J connectivity index is 1.38. The molecule has 0 atom stereocenters. The molecule has 4 aliphatic rings. The molecule has 0 amide bonds. The molecule has 4 N–H and O–H groups in total. The van der Waals surface area contributed by atoms with Gasteiger partial charge in [0.2, 0.25) is 0 Å². The fourth-order valence-electron chi connectivity index (χ4n) is 8.36. The highest BCUT2D eigenvalue weighted by atomic mass is 16.4. The molecule has 19 heteroatoms. The number of carboxylic acid groups (broad SMARTS) is 4. The average molecular weight is 773 g/mol. The van der Waals surface area contributed by atoms with Crippen molar-refractivity contribution in [1.29, 1.82) is 0 Å². The van der Waals surface area contributed by atoms with E-state index < -0.39 is 72.6 Å². The molecular formula is C37H46N11O8+3. The van der Waals surface area contributed by atoms with Gasteiger partial charge in [-0.1, -0.05) is 27.7 Å². The first kappa shape index (κ1) is 38.2. The van der Waals surface area contributed by atoms with Crippen molar-refractivity contribution < 1.29 is 53.5 Å². The summed E-state index contributed by atoms with van der Waals surface area (Å²) in [6, 6.07) is 7.87. The predicted octanol–water partition coefficient (Wildman–Crippen LogP) is -0.153. The van der Waals surface area contributed by atoms with Crippen molar-refractivity contribution in [3.8, 4) is 0 Å². The van der Waals surface area contributed by atoms with E-state index in [4.69, 9.17) is 15.0 Å². The van der Waals surface area contributed by atoms with Crippen LogP contribution in [0.5, 0.6) is 0 Å². The van der Waals surface area contributed by atoms with E-state index >= 15 is 0 Å². The number of aliphatic imine (C=N–C) groups is 3. The molecule has 3 aromatic heterocycles. The zero-order valence-corrected chi connectivity index (χ0v) is 32.3. The quantitative estimate of drug-likeness (QED) is 0.149. The zero-order chi connectivity index (χ0) is 40.6. The maximum Gasteiger partial charge on any atom is 0.433 e. The lowest BCUT2D eigenvalue weighted by Gasteiger charge is -2.33. The number of pyridine rings is 1. The third-order valence-corrected chi connectivity index (χ3v) is 10.7. The van der Waals surface area contributed by atoms with Crippen LogP contribution in [0.4, 0.5) is 5.82 Å². The molecule has 3 aromatic rings. The van der Waals surface area contributed by atoms with E-state index in [1.165, 1.54) is 9.80 Å². The minimum Gasteiger partial charge on any atom is -0.480 e. The standard InChI is InChI=1S/C37H43N11O8/c1-35(2,20-42(16-27(49)50)17-28(51)52)24-10-13-44-32-39-26(15-23-37(5,6)22-9-8-12-41(7)31(22)38-23)40-33-45-14-11-25(48(45)34(46(32)33)47(24)44)36(3,4)21-43(18-29(53)54)19-30(55)56/h8-15,34H,16-21H2,1-7H3,(H-3,49,50,51,52,53,54,55,56)/p+3. The van der Waals surface area contributed by atoms with E-state index in [1.807, 2.05) is 106 Å². The van der Waals surface area contributed by atoms with Gasteiger partial charge in [-0.05, 0) is 53.1 Å². The van der Waals surface area contributed by atoms with Crippen LogP contribution in [0.1, 0.15) is 64.8 Å². The molecule has 0 bridgehead atoms. The number of nitrogens with zero attached hydrogens (tertiary/aromatic N) is 11. The van der Waals surface area contributed by atoms with E-state index in [0.29, 0.717) is 17.7 Å². The van der Waals surface area contributed by atoms with Gasteiger partial charge >= 0.3 is 47.4 Å². The van der Waals surface area contributed by atoms with Gasteiger partial charge < -0.3 is 20.4 Å². The summed E-state index contributed by atoms with van der Waals surface area (Å²) in [4.78, 5) is 66.9. The average Bonchev–Trinajstić information content (AvgIpc) is 3.85. The monoisotopic (exact) mass is 772 g/mol. The minimum absolute atomic E-state index is 0.0944.